The highest BCUT2D eigenvalue weighted by molar-refractivity contribution is 9.10. The highest BCUT2D eigenvalue weighted by atomic mass is 79.9. The Morgan fingerprint density at radius 1 is 1.27 bits per heavy atom. The number of hydrogen-bond acceptors (Lipinski definition) is 1. The molecule has 1 aliphatic rings. The summed E-state index contributed by atoms with van der Waals surface area (Å²) in [6.45, 7) is 0. The van der Waals surface area contributed by atoms with Crippen LogP contribution in [0.5, 0.6) is 0 Å². The molecule has 0 saturated heterocycles. The third-order valence-electron chi connectivity index (χ3n) is 3.19. The Bertz CT molecular complexity index is 353. The van der Waals surface area contributed by atoms with Gasteiger partial charge >= 0.3 is 0 Å². The van der Waals surface area contributed by atoms with Crippen LogP contribution in [0.1, 0.15) is 37.2 Å². The lowest BCUT2D eigenvalue weighted by molar-refractivity contribution is 0.385. The predicted octanol–water partition coefficient (Wildman–Crippen LogP) is 3.57. The van der Waals surface area contributed by atoms with Crippen LogP contribution in [0.4, 0.5) is 4.39 Å². The van der Waals surface area contributed by atoms with Gasteiger partial charge in [-0.15, -0.1) is 0 Å². The lowest BCUT2D eigenvalue weighted by atomic mass is 9.80. The maximum Gasteiger partial charge on any atom is 0.137 e. The van der Waals surface area contributed by atoms with E-state index >= 15 is 0 Å². The quantitative estimate of drug-likeness (QED) is 0.831. The van der Waals surface area contributed by atoms with Gasteiger partial charge in [0.2, 0.25) is 0 Å². The van der Waals surface area contributed by atoms with Crippen LogP contribution in [0.25, 0.3) is 0 Å². The first kappa shape index (κ1) is 11.1. The molecule has 0 aromatic heterocycles. The molecule has 15 heavy (non-hydrogen) atoms. The van der Waals surface area contributed by atoms with E-state index in [0.717, 1.165) is 18.4 Å². The third kappa shape index (κ3) is 2.40. The van der Waals surface area contributed by atoms with Crippen molar-refractivity contribution in [3.63, 3.8) is 0 Å². The molecule has 2 rings (SSSR count). The molecule has 0 amide bonds. The number of benzene rings is 1. The minimum atomic E-state index is -0.205. The van der Waals surface area contributed by atoms with Crippen LogP contribution in [0.3, 0.4) is 0 Å². The summed E-state index contributed by atoms with van der Waals surface area (Å²) in [6, 6.07) is 5.47. The van der Waals surface area contributed by atoms with Crippen molar-refractivity contribution in [3.8, 4) is 0 Å². The largest absolute Gasteiger partial charge is 0.327 e. The zero-order valence-electron chi connectivity index (χ0n) is 8.55. The minimum absolute atomic E-state index is 0.205. The number of rotatable bonds is 1. The van der Waals surface area contributed by atoms with Crippen LogP contribution in [-0.2, 0) is 0 Å². The average Bonchev–Trinajstić information content (AvgIpc) is 2.23. The van der Waals surface area contributed by atoms with Gasteiger partial charge < -0.3 is 5.73 Å². The van der Waals surface area contributed by atoms with Crippen molar-refractivity contribution in [1.29, 1.82) is 0 Å². The first-order valence-electron chi connectivity index (χ1n) is 5.39. The van der Waals surface area contributed by atoms with Gasteiger partial charge in [-0.2, -0.15) is 0 Å². The van der Waals surface area contributed by atoms with E-state index in [0.29, 0.717) is 10.4 Å². The van der Waals surface area contributed by atoms with Gasteiger partial charge in [-0.3, -0.25) is 0 Å². The van der Waals surface area contributed by atoms with Crippen molar-refractivity contribution in [2.45, 2.75) is 37.6 Å². The highest BCUT2D eigenvalue weighted by Crippen LogP contribution is 2.33. The van der Waals surface area contributed by atoms with Crippen molar-refractivity contribution < 1.29 is 4.39 Å². The van der Waals surface area contributed by atoms with Crippen LogP contribution in [0.15, 0.2) is 22.7 Å². The summed E-state index contributed by atoms with van der Waals surface area (Å²) in [5.74, 6) is 0.193. The van der Waals surface area contributed by atoms with Crippen LogP contribution in [0.2, 0.25) is 0 Å². The summed E-state index contributed by atoms with van der Waals surface area (Å²) in [4.78, 5) is 0. The van der Waals surface area contributed by atoms with Gasteiger partial charge in [0.1, 0.15) is 5.82 Å². The van der Waals surface area contributed by atoms with Crippen molar-refractivity contribution in [3.05, 3.63) is 34.1 Å². The fraction of sp³-hybridized carbons (Fsp3) is 0.500. The first-order valence-corrected chi connectivity index (χ1v) is 6.18. The minimum Gasteiger partial charge on any atom is -0.327 e. The molecule has 2 unspecified atom stereocenters. The molecule has 1 aromatic rings. The fourth-order valence-corrected chi connectivity index (χ4v) is 2.71. The van der Waals surface area contributed by atoms with Crippen molar-refractivity contribution in [2.24, 2.45) is 5.73 Å². The lowest BCUT2D eigenvalue weighted by Gasteiger charge is -2.29. The normalized spacial score (nSPS) is 26.6. The van der Waals surface area contributed by atoms with Gasteiger partial charge in [-0.25, -0.2) is 4.39 Å². The molecule has 2 N–H and O–H groups in total. The molecule has 1 aromatic carbocycles. The standard InChI is InChI=1S/C12H15BrFN/c13-10-7-8(5-6-11(10)14)9-3-1-2-4-12(9)15/h5-7,9,12H,1-4,15H2. The fourth-order valence-electron chi connectivity index (χ4n) is 2.32. The van der Waals surface area contributed by atoms with E-state index in [1.807, 2.05) is 12.1 Å². The molecule has 1 saturated carbocycles. The van der Waals surface area contributed by atoms with Crippen LogP contribution >= 0.6 is 15.9 Å². The number of halogens is 2. The molecule has 1 aliphatic carbocycles. The molecule has 0 spiro atoms. The Labute approximate surface area is 98.0 Å². The smallest absolute Gasteiger partial charge is 0.137 e. The van der Waals surface area contributed by atoms with E-state index in [1.165, 1.54) is 18.9 Å². The van der Waals surface area contributed by atoms with Crippen LogP contribution < -0.4 is 5.73 Å². The number of hydrogen-bond donors (Lipinski definition) is 1. The van der Waals surface area contributed by atoms with Gasteiger partial charge in [0.25, 0.3) is 0 Å². The molecule has 0 heterocycles. The molecular formula is C12H15BrFN. The zero-order valence-corrected chi connectivity index (χ0v) is 10.1. The van der Waals surface area contributed by atoms with Crippen molar-refractivity contribution >= 4 is 15.9 Å². The second-order valence-corrected chi connectivity index (χ2v) is 5.08. The molecule has 0 aliphatic heterocycles. The van der Waals surface area contributed by atoms with Gasteiger partial charge in [0.05, 0.1) is 4.47 Å². The molecule has 0 radical (unpaired) electrons. The van der Waals surface area contributed by atoms with E-state index in [4.69, 9.17) is 5.73 Å². The summed E-state index contributed by atoms with van der Waals surface area (Å²) < 4.78 is 13.6. The van der Waals surface area contributed by atoms with Crippen molar-refractivity contribution in [2.75, 3.05) is 0 Å². The van der Waals surface area contributed by atoms with Crippen LogP contribution in [-0.4, -0.2) is 6.04 Å². The maximum atomic E-state index is 13.1. The maximum absolute atomic E-state index is 13.1. The van der Waals surface area contributed by atoms with E-state index in [2.05, 4.69) is 15.9 Å². The molecule has 2 atom stereocenters. The highest BCUT2D eigenvalue weighted by Gasteiger charge is 2.23. The van der Waals surface area contributed by atoms with Gasteiger partial charge in [0, 0.05) is 6.04 Å². The Balaban J connectivity index is 2.24. The van der Waals surface area contributed by atoms with Gasteiger partial charge in [-0.1, -0.05) is 18.9 Å². The average molecular weight is 272 g/mol. The first-order chi connectivity index (χ1) is 7.18. The summed E-state index contributed by atoms with van der Waals surface area (Å²) >= 11 is 3.22. The summed E-state index contributed by atoms with van der Waals surface area (Å²) in [6.07, 6.45) is 4.66. The Hall–Kier alpha value is -0.410. The van der Waals surface area contributed by atoms with Gasteiger partial charge in [0.15, 0.2) is 0 Å². The summed E-state index contributed by atoms with van der Waals surface area (Å²) in [5.41, 5.74) is 7.25. The third-order valence-corrected chi connectivity index (χ3v) is 3.80. The number of nitrogens with two attached hydrogens (primary N) is 1. The van der Waals surface area contributed by atoms with Crippen LogP contribution in [0, 0.1) is 5.82 Å². The molecule has 3 heteroatoms. The van der Waals surface area contributed by atoms with E-state index in [-0.39, 0.29) is 11.9 Å². The topological polar surface area (TPSA) is 26.0 Å². The molecule has 0 bridgehead atoms. The monoisotopic (exact) mass is 271 g/mol. The van der Waals surface area contributed by atoms with Gasteiger partial charge in [-0.05, 0) is 52.4 Å². The zero-order chi connectivity index (χ0) is 10.8. The second kappa shape index (κ2) is 4.62. The van der Waals surface area contributed by atoms with E-state index in [9.17, 15) is 4.39 Å². The Morgan fingerprint density at radius 3 is 2.67 bits per heavy atom. The second-order valence-electron chi connectivity index (χ2n) is 4.23. The van der Waals surface area contributed by atoms with Crippen molar-refractivity contribution in [1.82, 2.24) is 0 Å². The molecule has 82 valence electrons. The SMILES string of the molecule is NC1CCCCC1c1ccc(F)c(Br)c1. The predicted molar refractivity (Wildman–Crippen MR) is 63.3 cm³/mol. The summed E-state index contributed by atoms with van der Waals surface area (Å²) in [5, 5.41) is 0. The molecular weight excluding hydrogens is 257 g/mol. The molecule has 1 nitrogen and oxygen atoms in total. The lowest BCUT2D eigenvalue weighted by Crippen LogP contribution is -2.31. The Kier molecular flexibility index (Phi) is 3.42. The summed E-state index contributed by atoms with van der Waals surface area (Å²) in [7, 11) is 0. The molecule has 1 fully saturated rings. The Morgan fingerprint density at radius 2 is 2.00 bits per heavy atom. The van der Waals surface area contributed by atoms with E-state index in [1.54, 1.807) is 0 Å². The van der Waals surface area contributed by atoms with E-state index < -0.39 is 0 Å².